The average molecular weight is 542 g/mol. The predicted octanol–water partition coefficient (Wildman–Crippen LogP) is 7.31. The van der Waals surface area contributed by atoms with Gasteiger partial charge in [-0.3, -0.25) is 9.20 Å². The molecule has 0 radical (unpaired) electrons. The van der Waals surface area contributed by atoms with E-state index in [2.05, 4.69) is 17.6 Å². The largest absolute Gasteiger partial charge is 0.496 e. The lowest BCUT2D eigenvalue weighted by Gasteiger charge is -2.20. The highest BCUT2D eigenvalue weighted by Gasteiger charge is 2.26. The first kappa shape index (κ1) is 29.9. The van der Waals surface area contributed by atoms with Gasteiger partial charge in [0.1, 0.15) is 11.4 Å². The van der Waals surface area contributed by atoms with Crippen molar-refractivity contribution in [3.05, 3.63) is 66.0 Å². The number of aromatic nitrogens is 2. The summed E-state index contributed by atoms with van der Waals surface area (Å²) in [4.78, 5) is 17.8. The normalized spacial score (nSPS) is 14.2. The van der Waals surface area contributed by atoms with Gasteiger partial charge in [0.25, 0.3) is 0 Å². The standard InChI is InChI=1S/C30H34F3N3O3/c1-7-26(31)39-16-21-12-20(23-15-35-27-14-22(10-11-36(23)27)30(4,5)17-34)13-25(38-6)28(21)24(37)9-8-18(2)19(3)29(32)33/h7,10-15,18-19,26,29H,1,8-9,16H2,2-6H3. The van der Waals surface area contributed by atoms with Crippen LogP contribution in [0.15, 0.2) is 49.3 Å². The maximum absolute atomic E-state index is 13.9. The third kappa shape index (κ3) is 6.69. The Morgan fingerprint density at radius 3 is 2.59 bits per heavy atom. The molecular weight excluding hydrogens is 507 g/mol. The number of methoxy groups -OCH3 is 1. The van der Waals surface area contributed by atoms with E-state index in [0.717, 1.165) is 11.6 Å². The summed E-state index contributed by atoms with van der Waals surface area (Å²) in [5.74, 6) is -1.26. The molecule has 0 aliphatic carbocycles. The molecule has 3 atom stereocenters. The number of halogens is 3. The average Bonchev–Trinajstić information content (AvgIpc) is 3.36. The van der Waals surface area contributed by atoms with Crippen molar-refractivity contribution in [3.8, 4) is 23.1 Å². The number of fused-ring (bicyclic) bond motifs is 1. The predicted molar refractivity (Wildman–Crippen MR) is 144 cm³/mol. The molecule has 39 heavy (non-hydrogen) atoms. The van der Waals surface area contributed by atoms with Crippen LogP contribution in [-0.4, -0.2) is 35.1 Å². The molecule has 0 bridgehead atoms. The van der Waals surface area contributed by atoms with Crippen molar-refractivity contribution in [1.29, 1.82) is 5.26 Å². The lowest BCUT2D eigenvalue weighted by Crippen LogP contribution is -2.18. The highest BCUT2D eigenvalue weighted by Crippen LogP contribution is 2.34. The van der Waals surface area contributed by atoms with E-state index in [9.17, 15) is 23.2 Å². The molecule has 0 N–H and O–H groups in total. The maximum Gasteiger partial charge on any atom is 0.241 e. The fourth-order valence-corrected chi connectivity index (χ4v) is 4.29. The van der Waals surface area contributed by atoms with Crippen LogP contribution < -0.4 is 4.74 Å². The van der Waals surface area contributed by atoms with Gasteiger partial charge < -0.3 is 9.47 Å². The fraction of sp³-hybridized carbons (Fsp3) is 0.433. The van der Waals surface area contributed by atoms with Crippen LogP contribution in [0.3, 0.4) is 0 Å². The summed E-state index contributed by atoms with van der Waals surface area (Å²) in [6, 6.07) is 9.38. The third-order valence-electron chi connectivity index (χ3n) is 7.20. The van der Waals surface area contributed by atoms with Gasteiger partial charge in [0.2, 0.25) is 12.8 Å². The number of benzene rings is 1. The van der Waals surface area contributed by atoms with Gasteiger partial charge in [-0.15, -0.1) is 0 Å². The fourth-order valence-electron chi connectivity index (χ4n) is 4.29. The van der Waals surface area contributed by atoms with Crippen LogP contribution in [0.5, 0.6) is 5.75 Å². The number of Topliss-reactive ketones (excluding diaryl/α,β-unsaturated/α-hetero) is 1. The Balaban J connectivity index is 2.05. The number of nitrogens with zero attached hydrogens (tertiary/aromatic N) is 3. The molecule has 3 rings (SSSR count). The van der Waals surface area contributed by atoms with Gasteiger partial charge in [-0.2, -0.15) is 5.26 Å². The van der Waals surface area contributed by atoms with Gasteiger partial charge in [-0.05, 0) is 67.7 Å². The highest BCUT2D eigenvalue weighted by molar-refractivity contribution is 6.01. The third-order valence-corrected chi connectivity index (χ3v) is 7.20. The molecule has 6 nitrogen and oxygen atoms in total. The number of hydrogen-bond donors (Lipinski definition) is 0. The maximum atomic E-state index is 13.9. The minimum atomic E-state index is -2.47. The molecule has 1 aromatic carbocycles. The molecule has 0 fully saturated rings. The second kappa shape index (κ2) is 12.5. The number of carbonyl (C=O) groups excluding carboxylic acids is 1. The van der Waals surface area contributed by atoms with Crippen LogP contribution in [0.1, 0.15) is 62.0 Å². The Kier molecular flexibility index (Phi) is 9.57. The Morgan fingerprint density at radius 2 is 1.97 bits per heavy atom. The molecule has 9 heteroatoms. The van der Waals surface area contributed by atoms with E-state index in [4.69, 9.17) is 9.47 Å². The van der Waals surface area contributed by atoms with Crippen LogP contribution >= 0.6 is 0 Å². The summed E-state index contributed by atoms with van der Waals surface area (Å²) in [5, 5.41) is 9.49. The van der Waals surface area contributed by atoms with Gasteiger partial charge >= 0.3 is 0 Å². The molecule has 2 heterocycles. The van der Waals surface area contributed by atoms with Gasteiger partial charge in [0, 0.05) is 24.1 Å². The first-order chi connectivity index (χ1) is 18.4. The molecule has 2 aromatic heterocycles. The second-order valence-electron chi connectivity index (χ2n) is 10.3. The molecule has 0 saturated heterocycles. The number of ether oxygens (including phenoxy) is 2. The van der Waals surface area contributed by atoms with Crippen molar-refractivity contribution in [2.75, 3.05) is 7.11 Å². The number of imidazole rings is 1. The van der Waals surface area contributed by atoms with E-state index in [1.807, 2.05) is 36.6 Å². The molecule has 0 aliphatic heterocycles. The van der Waals surface area contributed by atoms with Gasteiger partial charge in [0.05, 0.1) is 42.7 Å². The lowest BCUT2D eigenvalue weighted by atomic mass is 9.87. The number of ketones is 1. The minimum absolute atomic E-state index is 0.0223. The first-order valence-electron chi connectivity index (χ1n) is 12.7. The van der Waals surface area contributed by atoms with Crippen molar-refractivity contribution in [2.45, 2.75) is 65.3 Å². The number of alkyl halides is 3. The topological polar surface area (TPSA) is 76.6 Å². The van der Waals surface area contributed by atoms with Crippen molar-refractivity contribution in [2.24, 2.45) is 11.8 Å². The van der Waals surface area contributed by atoms with E-state index in [0.29, 0.717) is 22.5 Å². The van der Waals surface area contributed by atoms with Gasteiger partial charge in [-0.25, -0.2) is 18.2 Å². The number of rotatable bonds is 13. The summed E-state index contributed by atoms with van der Waals surface area (Å²) in [5.41, 5.74) is 2.70. The smallest absolute Gasteiger partial charge is 0.241 e. The highest BCUT2D eigenvalue weighted by atomic mass is 19.3. The van der Waals surface area contributed by atoms with Crippen molar-refractivity contribution >= 4 is 11.4 Å². The molecule has 0 aliphatic rings. The number of carbonyl (C=O) groups is 1. The summed E-state index contributed by atoms with van der Waals surface area (Å²) in [6.07, 6.45) is 0.550. The Morgan fingerprint density at radius 1 is 1.26 bits per heavy atom. The molecule has 3 unspecified atom stereocenters. The molecule has 0 saturated carbocycles. The number of nitriles is 1. The summed E-state index contributed by atoms with van der Waals surface area (Å²) >= 11 is 0. The van der Waals surface area contributed by atoms with E-state index in [1.165, 1.54) is 14.0 Å². The molecule has 0 amide bonds. The first-order valence-corrected chi connectivity index (χ1v) is 12.7. The molecule has 0 spiro atoms. The lowest BCUT2D eigenvalue weighted by molar-refractivity contribution is -0.0142. The molecular formula is C30H34F3N3O3. The van der Waals surface area contributed by atoms with E-state index in [1.54, 1.807) is 25.3 Å². The van der Waals surface area contributed by atoms with Crippen LogP contribution in [0.4, 0.5) is 13.2 Å². The van der Waals surface area contributed by atoms with Crippen LogP contribution in [0.25, 0.3) is 16.9 Å². The summed E-state index contributed by atoms with van der Waals surface area (Å²) in [7, 11) is 1.43. The summed E-state index contributed by atoms with van der Waals surface area (Å²) in [6.45, 7) is 9.95. The van der Waals surface area contributed by atoms with Crippen LogP contribution in [-0.2, 0) is 16.8 Å². The van der Waals surface area contributed by atoms with Crippen molar-refractivity contribution < 1.29 is 27.4 Å². The SMILES string of the molecule is C=CC(F)OCc1cc(-c2cnc3cc(C(C)(C)C#N)ccn23)cc(OC)c1C(=O)CCC(C)C(C)C(F)F. The van der Waals surface area contributed by atoms with Crippen LogP contribution in [0.2, 0.25) is 0 Å². The zero-order valence-electron chi connectivity index (χ0n) is 22.9. The summed E-state index contributed by atoms with van der Waals surface area (Å²) < 4.78 is 52.8. The van der Waals surface area contributed by atoms with E-state index in [-0.39, 0.29) is 42.5 Å². The quantitative estimate of drug-likeness (QED) is 0.168. The second-order valence-corrected chi connectivity index (χ2v) is 10.3. The molecule has 208 valence electrons. The van der Waals surface area contributed by atoms with Crippen molar-refractivity contribution in [3.63, 3.8) is 0 Å². The van der Waals surface area contributed by atoms with Crippen LogP contribution in [0, 0.1) is 23.2 Å². The minimum Gasteiger partial charge on any atom is -0.496 e. The zero-order valence-corrected chi connectivity index (χ0v) is 22.9. The number of pyridine rings is 1. The van der Waals surface area contributed by atoms with Gasteiger partial charge in [0.15, 0.2) is 5.78 Å². The van der Waals surface area contributed by atoms with E-state index >= 15 is 0 Å². The Labute approximate surface area is 227 Å². The van der Waals surface area contributed by atoms with Gasteiger partial charge in [-0.1, -0.05) is 20.4 Å². The molecule has 3 aromatic rings. The Bertz CT molecular complexity index is 1380. The Hall–Kier alpha value is -3.64. The monoisotopic (exact) mass is 541 g/mol. The van der Waals surface area contributed by atoms with Crippen molar-refractivity contribution in [1.82, 2.24) is 9.38 Å². The zero-order chi connectivity index (χ0) is 28.9. The number of hydrogen-bond acceptors (Lipinski definition) is 5. The van der Waals surface area contributed by atoms with E-state index < -0.39 is 24.1 Å².